The van der Waals surface area contributed by atoms with Crippen molar-refractivity contribution in [1.82, 2.24) is 20.4 Å². The van der Waals surface area contributed by atoms with Crippen molar-refractivity contribution in [1.29, 1.82) is 10.5 Å². The van der Waals surface area contributed by atoms with Crippen molar-refractivity contribution in [3.8, 4) is 35.0 Å². The van der Waals surface area contributed by atoms with Gasteiger partial charge in [-0.3, -0.25) is 0 Å². The average molecular weight is 859 g/mol. The van der Waals surface area contributed by atoms with E-state index in [0.29, 0.717) is 58.9 Å². The molecule has 0 amide bonds. The minimum atomic E-state index is -2.05. The van der Waals surface area contributed by atoms with Crippen molar-refractivity contribution < 1.29 is 18.4 Å². The van der Waals surface area contributed by atoms with Gasteiger partial charge in [0, 0.05) is 11.1 Å². The molecule has 6 aromatic rings. The van der Waals surface area contributed by atoms with Gasteiger partial charge in [0.1, 0.15) is 0 Å². The molecule has 0 radical (unpaired) electrons. The van der Waals surface area contributed by atoms with E-state index < -0.39 is 14.4 Å². The van der Waals surface area contributed by atoms with Crippen LogP contribution < -0.4 is 0 Å². The van der Waals surface area contributed by atoms with Gasteiger partial charge in [-0.2, -0.15) is 10.5 Å². The van der Waals surface area contributed by atoms with Gasteiger partial charge in [0.25, 0.3) is 0 Å². The maximum Gasteiger partial charge on any atom is 0.247 e. The van der Waals surface area contributed by atoms with E-state index in [4.69, 9.17) is 36.9 Å². The van der Waals surface area contributed by atoms with Crippen LogP contribution in [0.25, 0.3) is 32.6 Å². The molecule has 1 N–H and O–H groups in total. The molecule has 0 spiro atoms. The fourth-order valence-corrected chi connectivity index (χ4v) is 8.35. The summed E-state index contributed by atoms with van der Waals surface area (Å²) >= 11 is 0. The second kappa shape index (κ2) is 20.0. The molecular formula is C50H54N8O4Si. The summed E-state index contributed by atoms with van der Waals surface area (Å²) in [6.45, 7) is 37.6. The third-order valence-electron chi connectivity index (χ3n) is 12.3. The summed E-state index contributed by atoms with van der Waals surface area (Å²) in [6, 6.07) is 25.8. The fraction of sp³-hybridized carbons (Fsp3) is 0.360. The van der Waals surface area contributed by atoms with Gasteiger partial charge in [-0.1, -0.05) is 56.2 Å². The number of rotatable bonds is 12. The van der Waals surface area contributed by atoms with Gasteiger partial charge >= 0.3 is 0 Å². The molecule has 0 aliphatic rings. The third-order valence-corrected chi connectivity index (χ3v) is 16.9. The lowest BCUT2D eigenvalue weighted by atomic mass is 9.90. The Labute approximate surface area is 372 Å². The summed E-state index contributed by atoms with van der Waals surface area (Å²) in [5.41, 5.74) is 10.2. The minimum Gasteiger partial charge on any atom is -0.420 e. The minimum absolute atomic E-state index is 0.0675. The molecule has 0 aliphatic heterocycles. The molecule has 0 saturated heterocycles. The molecule has 2 heterocycles. The normalized spacial score (nSPS) is 13.3. The van der Waals surface area contributed by atoms with Crippen LogP contribution in [0.3, 0.4) is 0 Å². The average Bonchev–Trinajstić information content (AvgIpc) is 3.96. The summed E-state index contributed by atoms with van der Waals surface area (Å²) in [4.78, 5) is 7.17. The Morgan fingerprint density at radius 2 is 1.05 bits per heavy atom. The molecule has 0 bridgehead atoms. The van der Waals surface area contributed by atoms with Crippen LogP contribution in [0.2, 0.25) is 18.1 Å². The van der Waals surface area contributed by atoms with Crippen LogP contribution in [0.5, 0.6) is 0 Å². The van der Waals surface area contributed by atoms with Crippen molar-refractivity contribution in [3.63, 3.8) is 0 Å². The van der Waals surface area contributed by atoms with E-state index in [9.17, 15) is 5.11 Å². The van der Waals surface area contributed by atoms with Crippen molar-refractivity contribution in [2.45, 2.75) is 117 Å². The lowest BCUT2D eigenvalue weighted by Gasteiger charge is -2.40. The van der Waals surface area contributed by atoms with Gasteiger partial charge in [0.05, 0.1) is 60.5 Å². The molecule has 4 aromatic carbocycles. The molecule has 13 heteroatoms. The van der Waals surface area contributed by atoms with Crippen molar-refractivity contribution in [2.75, 3.05) is 0 Å². The summed E-state index contributed by atoms with van der Waals surface area (Å²) in [5, 5.41) is 45.4. The molecule has 2 aromatic heterocycles. The van der Waals surface area contributed by atoms with Crippen LogP contribution in [0.4, 0.5) is 11.4 Å². The third kappa shape index (κ3) is 11.0. The Hall–Kier alpha value is -6.74. The van der Waals surface area contributed by atoms with Gasteiger partial charge in [0.2, 0.25) is 23.6 Å². The topological polar surface area (TPSA) is 164 Å². The maximum absolute atomic E-state index is 10.3. The van der Waals surface area contributed by atoms with E-state index in [1.807, 2.05) is 51.1 Å². The first-order valence-electron chi connectivity index (χ1n) is 20.8. The summed E-state index contributed by atoms with van der Waals surface area (Å²) in [5.74, 6) is 1.14. The second-order valence-corrected chi connectivity index (χ2v) is 22.2. The van der Waals surface area contributed by atoms with E-state index >= 15 is 0 Å². The Kier molecular flexibility index (Phi) is 15.0. The largest absolute Gasteiger partial charge is 0.420 e. The van der Waals surface area contributed by atoms with Crippen LogP contribution >= 0.6 is 0 Å². The number of aromatic nitrogens is 4. The van der Waals surface area contributed by atoms with Crippen molar-refractivity contribution in [2.24, 2.45) is 0 Å². The number of aliphatic hydroxyl groups is 1. The molecule has 63 heavy (non-hydrogen) atoms. The lowest BCUT2D eigenvalue weighted by Crippen LogP contribution is -2.44. The predicted octanol–water partition coefficient (Wildman–Crippen LogP) is 12.0. The van der Waals surface area contributed by atoms with Gasteiger partial charge in [-0.15, -0.1) is 20.4 Å². The Bertz CT molecular complexity index is 2720. The molecular weight excluding hydrogens is 805 g/mol. The highest BCUT2D eigenvalue weighted by molar-refractivity contribution is 6.74. The second-order valence-electron chi connectivity index (χ2n) is 17.4. The first kappa shape index (κ1) is 47.3. The predicted molar refractivity (Wildman–Crippen MR) is 246 cm³/mol. The number of nitriles is 2. The monoisotopic (exact) mass is 858 g/mol. The van der Waals surface area contributed by atoms with E-state index in [0.717, 1.165) is 44.5 Å². The zero-order valence-electron chi connectivity index (χ0n) is 37.9. The molecule has 12 nitrogen and oxygen atoms in total. The van der Waals surface area contributed by atoms with Crippen LogP contribution in [0.15, 0.2) is 81.6 Å². The van der Waals surface area contributed by atoms with Crippen LogP contribution in [0.1, 0.15) is 103 Å². The number of aliphatic hydroxyl groups excluding tert-OH is 1. The summed E-state index contributed by atoms with van der Waals surface area (Å²) < 4.78 is 18.8. The van der Waals surface area contributed by atoms with Crippen molar-refractivity contribution >= 4 is 19.7 Å². The fourth-order valence-electron chi connectivity index (χ4n) is 6.90. The Morgan fingerprint density at radius 3 is 1.41 bits per heavy atom. The number of nitrogens with zero attached hydrogens (tertiary/aromatic N) is 8. The molecule has 6 rings (SSSR count). The molecule has 322 valence electrons. The lowest BCUT2D eigenvalue weighted by molar-refractivity contribution is 0.148. The first-order chi connectivity index (χ1) is 29.8. The van der Waals surface area contributed by atoms with Crippen LogP contribution in [-0.2, 0) is 17.3 Å². The van der Waals surface area contributed by atoms with Gasteiger partial charge in [-0.25, -0.2) is 9.69 Å². The highest BCUT2D eigenvalue weighted by Crippen LogP contribution is 2.40. The highest BCUT2D eigenvalue weighted by Gasteiger charge is 2.41. The smallest absolute Gasteiger partial charge is 0.247 e. The molecule has 0 fully saturated rings. The van der Waals surface area contributed by atoms with Gasteiger partial charge in [0.15, 0.2) is 19.7 Å². The molecule has 0 saturated carbocycles. The van der Waals surface area contributed by atoms with Crippen LogP contribution in [0, 0.1) is 63.5 Å². The maximum atomic E-state index is 10.3. The number of hydrogen-bond donors (Lipinski definition) is 1. The van der Waals surface area contributed by atoms with E-state index in [1.54, 1.807) is 49.4 Å². The van der Waals surface area contributed by atoms with E-state index in [-0.39, 0.29) is 23.0 Å². The summed E-state index contributed by atoms with van der Waals surface area (Å²) in [6.07, 6.45) is 0.354. The highest BCUT2D eigenvalue weighted by atomic mass is 28.4. The van der Waals surface area contributed by atoms with Gasteiger partial charge < -0.3 is 18.4 Å². The number of benzene rings is 4. The first-order valence-corrected chi connectivity index (χ1v) is 23.7. The quantitative estimate of drug-likeness (QED) is 0.0925. The standard InChI is InChI=1S/C28H34N4O2Si.C22H20N4O2/c1-18-19(2)25(30-7)15-14-23(18)16-24(20(3)34-35(8,9)28(4,5)6)27-32-31-26(33-27)22-12-10-21(17-29)11-13-22;1-13-14(2)20(24-4)10-9-18(13)11-19(15(3)27)22-26-25-21(28-22)17-7-5-16(12-23)6-8-17/h10-15,20,24H,16H2,1-6,8-9H3;5-10,15,19,27H,11H2,1-3H3/t20-,24-;15-,19-/m11/s1. The van der Waals surface area contributed by atoms with E-state index in [1.165, 1.54) is 0 Å². The Morgan fingerprint density at radius 1 is 0.651 bits per heavy atom. The molecule has 4 atom stereocenters. The zero-order chi connectivity index (χ0) is 46.2. The van der Waals surface area contributed by atoms with Crippen molar-refractivity contribution in [3.05, 3.63) is 152 Å². The van der Waals surface area contributed by atoms with E-state index in [2.05, 4.69) is 89.9 Å². The zero-order valence-corrected chi connectivity index (χ0v) is 38.9. The Balaban J connectivity index is 0.000000243. The number of hydrogen-bond acceptors (Lipinski definition) is 10. The molecule has 0 aliphatic carbocycles. The van der Waals surface area contributed by atoms with Crippen LogP contribution in [-0.4, -0.2) is 46.0 Å². The SMILES string of the molecule is [C-]#[N+]c1ccc(C[C@@H](c2nnc(-c3ccc(C#N)cc3)o2)[C@@H](C)O)c(C)c1C.[C-]#[N+]c1ccc(C[C@@H](c2nnc(-c3ccc(C#N)cc3)o2)[C@@H](C)O[Si](C)(C)C(C)(C)C)c(C)c1C. The van der Waals surface area contributed by atoms with Gasteiger partial charge in [-0.05, 0) is 143 Å². The molecule has 0 unspecified atom stereocenters. The summed E-state index contributed by atoms with van der Waals surface area (Å²) in [7, 11) is -2.05.